The number of imidazole rings is 1. The van der Waals surface area contributed by atoms with E-state index in [1.54, 1.807) is 16.4 Å². The molecule has 0 saturated carbocycles. The van der Waals surface area contributed by atoms with Crippen molar-refractivity contribution < 1.29 is 29.2 Å². The average molecular weight is 479 g/mol. The molecule has 3 fully saturated rings. The number of nitrogens with zero attached hydrogens (tertiary/aromatic N) is 5. The molecule has 0 radical (unpaired) electrons. The highest BCUT2D eigenvalue weighted by molar-refractivity contribution is 5.82. The molecule has 3 aliphatic rings. The van der Waals surface area contributed by atoms with Gasteiger partial charge in [-0.05, 0) is 26.7 Å². The number of nitrogens with one attached hydrogen (secondary N) is 3. The Hall–Kier alpha value is -2.62. The number of hydrogen-bond donors (Lipinski definition) is 5. The van der Waals surface area contributed by atoms with E-state index in [1.807, 2.05) is 6.92 Å². The fraction of sp³-hybridized carbons (Fsp3) is 0.700. The van der Waals surface area contributed by atoms with Crippen molar-refractivity contribution in [2.45, 2.75) is 69.7 Å². The number of aromatic nitrogens is 4. The molecule has 14 nitrogen and oxygen atoms in total. The lowest BCUT2D eigenvalue weighted by Gasteiger charge is -2.31. The Balaban J connectivity index is 1.29. The van der Waals surface area contributed by atoms with Crippen LogP contribution < -0.4 is 16.2 Å². The van der Waals surface area contributed by atoms with E-state index >= 15 is 0 Å². The van der Waals surface area contributed by atoms with Gasteiger partial charge >= 0.3 is 6.09 Å². The maximum absolute atomic E-state index is 11.9. The molecule has 14 heteroatoms. The van der Waals surface area contributed by atoms with Crippen molar-refractivity contribution in [3.8, 4) is 0 Å². The molecule has 1 amide bonds. The predicted octanol–water partition coefficient (Wildman–Crippen LogP) is -0.725. The summed E-state index contributed by atoms with van der Waals surface area (Å²) in [6, 6.07) is 0.105. The maximum Gasteiger partial charge on any atom is 0.409 e. The van der Waals surface area contributed by atoms with Crippen LogP contribution in [0.3, 0.4) is 0 Å². The number of fused-ring (bicyclic) bond motifs is 1. The topological polar surface area (TPSA) is 168 Å². The molecule has 2 aromatic rings. The molecule has 186 valence electrons. The van der Waals surface area contributed by atoms with Crippen LogP contribution in [0.5, 0.6) is 0 Å². The molecule has 2 unspecified atom stereocenters. The van der Waals surface area contributed by atoms with Crippen LogP contribution in [0.15, 0.2) is 12.7 Å². The number of anilines is 1. The van der Waals surface area contributed by atoms with E-state index < -0.39 is 30.8 Å². The Morgan fingerprint density at radius 3 is 2.71 bits per heavy atom. The Kier molecular flexibility index (Phi) is 6.50. The third-order valence-corrected chi connectivity index (χ3v) is 6.35. The number of amides is 1. The minimum Gasteiger partial charge on any atom is -0.450 e. The number of hydrogen-bond acceptors (Lipinski definition) is 12. The van der Waals surface area contributed by atoms with Crippen LogP contribution in [0.1, 0.15) is 32.9 Å². The summed E-state index contributed by atoms with van der Waals surface area (Å²) in [4.78, 5) is 26.8. The molecular formula is C20H30N8O6. The van der Waals surface area contributed by atoms with Gasteiger partial charge in [-0.2, -0.15) is 0 Å². The van der Waals surface area contributed by atoms with Crippen molar-refractivity contribution in [2.75, 3.05) is 25.0 Å². The monoisotopic (exact) mass is 478 g/mol. The predicted molar refractivity (Wildman–Crippen MR) is 117 cm³/mol. The van der Waals surface area contributed by atoms with Crippen molar-refractivity contribution in [1.82, 2.24) is 35.3 Å². The van der Waals surface area contributed by atoms with Crippen LogP contribution in [0.2, 0.25) is 0 Å². The van der Waals surface area contributed by atoms with Crippen LogP contribution in [0.25, 0.3) is 11.2 Å². The molecule has 6 atom stereocenters. The van der Waals surface area contributed by atoms with Gasteiger partial charge in [0, 0.05) is 19.1 Å². The number of rotatable bonds is 5. The maximum atomic E-state index is 11.9. The van der Waals surface area contributed by atoms with Crippen molar-refractivity contribution >= 4 is 23.1 Å². The molecule has 34 heavy (non-hydrogen) atoms. The van der Waals surface area contributed by atoms with Crippen LogP contribution in [0.4, 0.5) is 10.6 Å². The minimum atomic E-state index is -1.21. The van der Waals surface area contributed by atoms with Crippen molar-refractivity contribution in [3.05, 3.63) is 12.7 Å². The number of carbonyl (C=O) groups is 1. The molecule has 0 spiro atoms. The molecule has 5 rings (SSSR count). The molecule has 2 aromatic heterocycles. The SMILES string of the molecule is CCOC(=O)N1CCC(Nc2ncnc3c2ncn3[C@@H]2O[C@H](C3NNC(C)O3)[C@@H](O)[C@H]2O)CC1. The number of likely N-dealkylation sites (tertiary alicyclic amines) is 1. The summed E-state index contributed by atoms with van der Waals surface area (Å²) in [5.74, 6) is 0.557. The lowest BCUT2D eigenvalue weighted by molar-refractivity contribution is -0.106. The molecule has 0 aromatic carbocycles. The highest BCUT2D eigenvalue weighted by Crippen LogP contribution is 2.34. The van der Waals surface area contributed by atoms with Crippen molar-refractivity contribution in [2.24, 2.45) is 0 Å². The summed E-state index contributed by atoms with van der Waals surface area (Å²) >= 11 is 0. The van der Waals surface area contributed by atoms with Gasteiger partial charge in [0.1, 0.15) is 30.9 Å². The smallest absolute Gasteiger partial charge is 0.409 e. The standard InChI is InChI=1S/C20H30N8O6/c1-3-32-20(31)27-6-4-11(5-7-27)24-16-12-17(22-8-21-16)28(9-23-12)19-14(30)13(29)15(34-19)18-26-25-10(2)33-18/h8-11,13-15,18-19,25-26,29-30H,3-7H2,1-2H3,(H,21,22,24)/t10?,13-,14+,15-,18?,19+/m0/s1. The van der Waals surface area contributed by atoms with Gasteiger partial charge in [-0.15, -0.1) is 0 Å². The van der Waals surface area contributed by atoms with Crippen LogP contribution in [-0.4, -0.2) is 97.2 Å². The number of aliphatic hydroxyl groups excluding tert-OH is 2. The zero-order valence-corrected chi connectivity index (χ0v) is 19.0. The number of ether oxygens (including phenoxy) is 3. The van der Waals surface area contributed by atoms with Crippen molar-refractivity contribution in [1.29, 1.82) is 0 Å². The number of piperidine rings is 1. The molecule has 3 aliphatic heterocycles. The van der Waals surface area contributed by atoms with E-state index in [1.165, 1.54) is 12.7 Å². The zero-order valence-electron chi connectivity index (χ0n) is 19.0. The first-order chi connectivity index (χ1) is 16.5. The fourth-order valence-corrected chi connectivity index (χ4v) is 4.57. The summed E-state index contributed by atoms with van der Waals surface area (Å²) in [6.07, 6.45) is -0.820. The van der Waals surface area contributed by atoms with Crippen molar-refractivity contribution in [3.63, 3.8) is 0 Å². The molecule has 3 saturated heterocycles. The number of carbonyl (C=O) groups excluding carboxylic acids is 1. The first kappa shape index (κ1) is 23.1. The summed E-state index contributed by atoms with van der Waals surface area (Å²) in [7, 11) is 0. The Bertz CT molecular complexity index is 1010. The molecule has 5 heterocycles. The Morgan fingerprint density at radius 2 is 2.00 bits per heavy atom. The second kappa shape index (κ2) is 9.56. The van der Waals surface area contributed by atoms with Gasteiger partial charge in [0.25, 0.3) is 0 Å². The Morgan fingerprint density at radius 1 is 1.21 bits per heavy atom. The largest absolute Gasteiger partial charge is 0.450 e. The highest BCUT2D eigenvalue weighted by Gasteiger charge is 2.49. The van der Waals surface area contributed by atoms with Gasteiger partial charge in [-0.3, -0.25) is 4.57 Å². The van der Waals surface area contributed by atoms with E-state index in [0.29, 0.717) is 36.7 Å². The summed E-state index contributed by atoms with van der Waals surface area (Å²) in [5.41, 5.74) is 6.80. The second-order valence-corrected chi connectivity index (χ2v) is 8.61. The van der Waals surface area contributed by atoms with Gasteiger partial charge in [-0.25, -0.2) is 30.6 Å². The van der Waals surface area contributed by atoms with E-state index in [9.17, 15) is 15.0 Å². The molecule has 0 aliphatic carbocycles. The summed E-state index contributed by atoms with van der Waals surface area (Å²) < 4.78 is 18.3. The summed E-state index contributed by atoms with van der Waals surface area (Å²) in [5, 5.41) is 24.7. The third kappa shape index (κ3) is 4.28. The number of hydrazine groups is 1. The Labute approximate surface area is 195 Å². The third-order valence-electron chi connectivity index (χ3n) is 6.35. The zero-order chi connectivity index (χ0) is 23.8. The summed E-state index contributed by atoms with van der Waals surface area (Å²) in [6.45, 7) is 5.14. The molecular weight excluding hydrogens is 448 g/mol. The minimum absolute atomic E-state index is 0.105. The normalized spacial score (nSPS) is 32.4. The lowest BCUT2D eigenvalue weighted by atomic mass is 10.1. The molecule has 0 bridgehead atoms. The highest BCUT2D eigenvalue weighted by atomic mass is 16.6. The van der Waals surface area contributed by atoms with Crippen LogP contribution in [-0.2, 0) is 14.2 Å². The van der Waals surface area contributed by atoms with Gasteiger partial charge in [0.15, 0.2) is 29.4 Å². The van der Waals surface area contributed by atoms with E-state index in [-0.39, 0.29) is 18.4 Å². The van der Waals surface area contributed by atoms with Crippen LogP contribution in [0, 0.1) is 0 Å². The average Bonchev–Trinajstić information content (AvgIpc) is 3.53. The van der Waals surface area contributed by atoms with Gasteiger partial charge in [0.05, 0.1) is 12.9 Å². The van der Waals surface area contributed by atoms with Gasteiger partial charge < -0.3 is 34.6 Å². The first-order valence-corrected chi connectivity index (χ1v) is 11.5. The van der Waals surface area contributed by atoms with Gasteiger partial charge in [-0.1, -0.05) is 0 Å². The number of aliphatic hydroxyl groups is 2. The lowest BCUT2D eigenvalue weighted by Crippen LogP contribution is -2.46. The van der Waals surface area contributed by atoms with E-state index in [0.717, 1.165) is 12.8 Å². The molecule has 5 N–H and O–H groups in total. The quantitative estimate of drug-likeness (QED) is 0.366. The van der Waals surface area contributed by atoms with Gasteiger partial charge in [0.2, 0.25) is 0 Å². The van der Waals surface area contributed by atoms with Crippen LogP contribution >= 0.6 is 0 Å². The van der Waals surface area contributed by atoms with E-state index in [2.05, 4.69) is 31.1 Å². The first-order valence-electron chi connectivity index (χ1n) is 11.5. The fourth-order valence-electron chi connectivity index (χ4n) is 4.57. The van der Waals surface area contributed by atoms with E-state index in [4.69, 9.17) is 14.2 Å². The second-order valence-electron chi connectivity index (χ2n) is 8.61.